The van der Waals surface area contributed by atoms with E-state index in [4.69, 9.17) is 5.11 Å². The average Bonchev–Trinajstić information content (AvgIpc) is 2.26. The minimum Gasteiger partial charge on any atom is -0.481 e. The predicted octanol–water partition coefficient (Wildman–Crippen LogP) is 1.70. The maximum atomic E-state index is 11.0. The lowest BCUT2D eigenvalue weighted by Crippen LogP contribution is -2.55. The van der Waals surface area contributed by atoms with Gasteiger partial charge in [0.15, 0.2) is 0 Å². The van der Waals surface area contributed by atoms with Gasteiger partial charge in [-0.2, -0.15) is 0 Å². The number of carboxylic acid groups (broad SMARTS) is 1. The van der Waals surface area contributed by atoms with Gasteiger partial charge in [0.1, 0.15) is 0 Å². The normalized spacial score (nSPS) is 20.7. The van der Waals surface area contributed by atoms with Crippen LogP contribution in [0.2, 0.25) is 0 Å². The Bertz CT molecular complexity index is 246. The highest BCUT2D eigenvalue weighted by atomic mass is 16.4. The summed E-state index contributed by atoms with van der Waals surface area (Å²) in [6, 6.07) is 0.559. The van der Waals surface area contributed by atoms with E-state index in [1.807, 2.05) is 0 Å². The molecule has 2 N–H and O–H groups in total. The molecule has 4 nitrogen and oxygen atoms in total. The summed E-state index contributed by atoms with van der Waals surface area (Å²) >= 11 is 0. The second-order valence-corrected chi connectivity index (χ2v) is 5.41. The van der Waals surface area contributed by atoms with E-state index in [1.165, 1.54) is 0 Å². The Morgan fingerprint density at radius 1 is 1.41 bits per heavy atom. The highest BCUT2D eigenvalue weighted by Gasteiger charge is 2.36. The Hall–Kier alpha value is -0.610. The van der Waals surface area contributed by atoms with E-state index in [2.05, 4.69) is 31.0 Å². The summed E-state index contributed by atoms with van der Waals surface area (Å²) in [7, 11) is 0. The fraction of sp³-hybridized carbons (Fsp3) is 0.923. The van der Waals surface area contributed by atoms with Crippen molar-refractivity contribution in [3.63, 3.8) is 0 Å². The molecule has 1 aliphatic heterocycles. The molecule has 17 heavy (non-hydrogen) atoms. The number of aliphatic carboxylic acids is 1. The van der Waals surface area contributed by atoms with Crippen LogP contribution in [0, 0.1) is 0 Å². The third kappa shape index (κ3) is 4.28. The zero-order valence-electron chi connectivity index (χ0n) is 11.3. The summed E-state index contributed by atoms with van der Waals surface area (Å²) in [5.41, 5.74) is -0.173. The van der Waals surface area contributed by atoms with Crippen LogP contribution in [0.4, 0.5) is 0 Å². The smallest absolute Gasteiger partial charge is 0.305 e. The lowest BCUT2D eigenvalue weighted by atomic mass is 9.83. The quantitative estimate of drug-likeness (QED) is 0.744. The first-order valence-corrected chi connectivity index (χ1v) is 6.70. The first-order valence-electron chi connectivity index (χ1n) is 6.70. The first-order chi connectivity index (χ1) is 7.99. The molecule has 0 spiro atoms. The van der Waals surface area contributed by atoms with Gasteiger partial charge < -0.3 is 15.3 Å². The van der Waals surface area contributed by atoms with Gasteiger partial charge in [0.2, 0.25) is 0 Å². The van der Waals surface area contributed by atoms with Crippen molar-refractivity contribution in [1.82, 2.24) is 10.2 Å². The Labute approximate surface area is 104 Å². The molecule has 0 aromatic rings. The molecule has 1 aliphatic rings. The van der Waals surface area contributed by atoms with E-state index in [-0.39, 0.29) is 12.0 Å². The Balaban J connectivity index is 2.58. The molecule has 1 rings (SSSR count). The van der Waals surface area contributed by atoms with E-state index in [9.17, 15) is 4.79 Å². The van der Waals surface area contributed by atoms with Crippen LogP contribution in [0.3, 0.4) is 0 Å². The SMILES string of the molecule is CCCNC1(CC(=O)O)CCN(C(C)C)CC1. The van der Waals surface area contributed by atoms with Gasteiger partial charge in [0.05, 0.1) is 6.42 Å². The molecule has 0 atom stereocenters. The van der Waals surface area contributed by atoms with Gasteiger partial charge in [-0.1, -0.05) is 6.92 Å². The topological polar surface area (TPSA) is 52.6 Å². The summed E-state index contributed by atoms with van der Waals surface area (Å²) in [5, 5.41) is 12.5. The maximum absolute atomic E-state index is 11.0. The second-order valence-electron chi connectivity index (χ2n) is 5.41. The van der Waals surface area contributed by atoms with E-state index in [0.29, 0.717) is 6.04 Å². The van der Waals surface area contributed by atoms with Gasteiger partial charge in [-0.25, -0.2) is 0 Å². The molecule has 0 radical (unpaired) electrons. The molecule has 0 aromatic heterocycles. The number of carboxylic acids is 1. The van der Waals surface area contributed by atoms with E-state index < -0.39 is 5.97 Å². The molecule has 0 unspecified atom stereocenters. The molecule has 0 saturated carbocycles. The lowest BCUT2D eigenvalue weighted by molar-refractivity contribution is -0.139. The molecule has 100 valence electrons. The summed E-state index contributed by atoms with van der Waals surface area (Å²) < 4.78 is 0. The number of carbonyl (C=O) groups is 1. The highest BCUT2D eigenvalue weighted by molar-refractivity contribution is 5.68. The number of hydrogen-bond donors (Lipinski definition) is 2. The lowest BCUT2D eigenvalue weighted by Gasteiger charge is -2.43. The van der Waals surface area contributed by atoms with Crippen LogP contribution < -0.4 is 5.32 Å². The molecule has 1 fully saturated rings. The second kappa shape index (κ2) is 6.36. The van der Waals surface area contributed by atoms with Crippen LogP contribution in [-0.4, -0.2) is 47.2 Å². The molecule has 0 bridgehead atoms. The van der Waals surface area contributed by atoms with E-state index in [1.54, 1.807) is 0 Å². The average molecular weight is 242 g/mol. The summed E-state index contributed by atoms with van der Waals surface area (Å²) in [5.74, 6) is -0.688. The summed E-state index contributed by atoms with van der Waals surface area (Å²) in [4.78, 5) is 13.4. The molecular weight excluding hydrogens is 216 g/mol. The van der Waals surface area contributed by atoms with Crippen molar-refractivity contribution < 1.29 is 9.90 Å². The Morgan fingerprint density at radius 3 is 2.41 bits per heavy atom. The Morgan fingerprint density at radius 2 is 2.00 bits per heavy atom. The molecule has 0 aliphatic carbocycles. The largest absolute Gasteiger partial charge is 0.481 e. The number of rotatable bonds is 6. The fourth-order valence-electron chi connectivity index (χ4n) is 2.56. The van der Waals surface area contributed by atoms with Gasteiger partial charge >= 0.3 is 5.97 Å². The third-order valence-electron chi connectivity index (χ3n) is 3.73. The van der Waals surface area contributed by atoms with Crippen molar-refractivity contribution >= 4 is 5.97 Å². The molecule has 1 saturated heterocycles. The van der Waals surface area contributed by atoms with Gasteiger partial charge in [0.25, 0.3) is 0 Å². The van der Waals surface area contributed by atoms with Crippen LogP contribution in [0.5, 0.6) is 0 Å². The van der Waals surface area contributed by atoms with Gasteiger partial charge in [-0.3, -0.25) is 4.79 Å². The monoisotopic (exact) mass is 242 g/mol. The number of nitrogens with one attached hydrogen (secondary N) is 1. The van der Waals surface area contributed by atoms with Crippen LogP contribution in [0.25, 0.3) is 0 Å². The highest BCUT2D eigenvalue weighted by Crippen LogP contribution is 2.26. The molecule has 4 heteroatoms. The zero-order chi connectivity index (χ0) is 12.9. The predicted molar refractivity (Wildman–Crippen MR) is 69.2 cm³/mol. The zero-order valence-corrected chi connectivity index (χ0v) is 11.3. The summed E-state index contributed by atoms with van der Waals surface area (Å²) in [6.07, 6.45) is 3.18. The van der Waals surface area contributed by atoms with E-state index in [0.717, 1.165) is 38.9 Å². The van der Waals surface area contributed by atoms with Crippen molar-refractivity contribution in [1.29, 1.82) is 0 Å². The fourth-order valence-corrected chi connectivity index (χ4v) is 2.56. The number of nitrogens with zero attached hydrogens (tertiary/aromatic N) is 1. The number of piperidine rings is 1. The van der Waals surface area contributed by atoms with Crippen molar-refractivity contribution in [2.24, 2.45) is 0 Å². The number of likely N-dealkylation sites (tertiary alicyclic amines) is 1. The van der Waals surface area contributed by atoms with Crippen LogP contribution in [0.1, 0.15) is 46.5 Å². The van der Waals surface area contributed by atoms with Crippen molar-refractivity contribution in [3.8, 4) is 0 Å². The van der Waals surface area contributed by atoms with Crippen molar-refractivity contribution in [3.05, 3.63) is 0 Å². The molecule has 1 heterocycles. The number of hydrogen-bond acceptors (Lipinski definition) is 3. The van der Waals surface area contributed by atoms with Crippen LogP contribution >= 0.6 is 0 Å². The minimum atomic E-state index is -0.688. The van der Waals surface area contributed by atoms with Gasteiger partial charge in [-0.15, -0.1) is 0 Å². The molecular formula is C13H26N2O2. The van der Waals surface area contributed by atoms with Crippen LogP contribution in [0.15, 0.2) is 0 Å². The van der Waals surface area contributed by atoms with Crippen molar-refractivity contribution in [2.75, 3.05) is 19.6 Å². The van der Waals surface area contributed by atoms with Crippen molar-refractivity contribution in [2.45, 2.75) is 58.0 Å². The van der Waals surface area contributed by atoms with Gasteiger partial charge in [-0.05, 0) is 39.7 Å². The standard InChI is InChI=1S/C13H26N2O2/c1-4-7-14-13(10-12(16)17)5-8-15(9-6-13)11(2)3/h11,14H,4-10H2,1-3H3,(H,16,17). The van der Waals surface area contributed by atoms with Gasteiger partial charge in [0, 0.05) is 24.7 Å². The summed E-state index contributed by atoms with van der Waals surface area (Å²) in [6.45, 7) is 9.43. The minimum absolute atomic E-state index is 0.173. The van der Waals surface area contributed by atoms with Crippen LogP contribution in [-0.2, 0) is 4.79 Å². The third-order valence-corrected chi connectivity index (χ3v) is 3.73. The molecule has 0 amide bonds. The van der Waals surface area contributed by atoms with E-state index >= 15 is 0 Å². The molecule has 0 aromatic carbocycles. The maximum Gasteiger partial charge on any atom is 0.305 e. The Kier molecular flexibility index (Phi) is 5.40. The first kappa shape index (κ1) is 14.5.